The summed E-state index contributed by atoms with van der Waals surface area (Å²) in [7, 11) is 1.96. The van der Waals surface area contributed by atoms with Crippen LogP contribution in [0, 0.1) is 0 Å². The van der Waals surface area contributed by atoms with Crippen LogP contribution in [-0.2, 0) is 20.0 Å². The molecule has 20 heavy (non-hydrogen) atoms. The van der Waals surface area contributed by atoms with E-state index in [0.717, 1.165) is 30.0 Å². The minimum Gasteiger partial charge on any atom is -0.399 e. The van der Waals surface area contributed by atoms with Gasteiger partial charge in [-0.3, -0.25) is 4.68 Å². The van der Waals surface area contributed by atoms with Gasteiger partial charge in [0.1, 0.15) is 5.82 Å². The zero-order valence-electron chi connectivity index (χ0n) is 11.4. The standard InChI is InChI=1S/C15H17N5/c1-19-14(6-8-18-19)7-10-20-11-9-17-15(20)12-2-4-13(16)5-3-12/h2-6,8-9,11H,7,10,16H2,1H3. The summed E-state index contributed by atoms with van der Waals surface area (Å²) < 4.78 is 4.05. The summed E-state index contributed by atoms with van der Waals surface area (Å²) in [6, 6.07) is 9.83. The lowest BCUT2D eigenvalue weighted by Crippen LogP contribution is -2.06. The summed E-state index contributed by atoms with van der Waals surface area (Å²) in [4.78, 5) is 4.44. The third-order valence-electron chi connectivity index (χ3n) is 3.42. The molecule has 102 valence electrons. The largest absolute Gasteiger partial charge is 0.399 e. The van der Waals surface area contributed by atoms with Gasteiger partial charge in [-0.1, -0.05) is 0 Å². The molecule has 0 aliphatic carbocycles. The highest BCUT2D eigenvalue weighted by Crippen LogP contribution is 2.19. The van der Waals surface area contributed by atoms with Gasteiger partial charge in [-0.25, -0.2) is 4.98 Å². The number of nitrogens with two attached hydrogens (primary N) is 1. The van der Waals surface area contributed by atoms with E-state index in [1.165, 1.54) is 5.69 Å². The number of aromatic nitrogens is 4. The fraction of sp³-hybridized carbons (Fsp3) is 0.200. The van der Waals surface area contributed by atoms with E-state index in [2.05, 4.69) is 14.6 Å². The number of nitrogen functional groups attached to an aromatic ring is 1. The molecule has 0 amide bonds. The summed E-state index contributed by atoms with van der Waals surface area (Å²) in [5, 5.41) is 4.18. The molecule has 0 aliphatic heterocycles. The molecular formula is C15H17N5. The highest BCUT2D eigenvalue weighted by atomic mass is 15.3. The van der Waals surface area contributed by atoms with E-state index in [4.69, 9.17) is 5.73 Å². The molecule has 0 fully saturated rings. The van der Waals surface area contributed by atoms with Gasteiger partial charge in [-0.05, 0) is 30.3 Å². The summed E-state index contributed by atoms with van der Waals surface area (Å²) in [6.07, 6.45) is 6.58. The fourth-order valence-electron chi connectivity index (χ4n) is 2.26. The van der Waals surface area contributed by atoms with E-state index in [1.807, 2.05) is 60.7 Å². The van der Waals surface area contributed by atoms with Crippen LogP contribution in [0.2, 0.25) is 0 Å². The first-order valence-corrected chi connectivity index (χ1v) is 6.58. The van der Waals surface area contributed by atoms with Crippen LogP contribution in [-0.4, -0.2) is 19.3 Å². The zero-order chi connectivity index (χ0) is 13.9. The second kappa shape index (κ2) is 5.21. The average Bonchev–Trinajstić information content (AvgIpc) is 3.06. The molecule has 0 atom stereocenters. The van der Waals surface area contributed by atoms with Crippen molar-refractivity contribution in [1.82, 2.24) is 19.3 Å². The number of imidazole rings is 1. The molecule has 2 heterocycles. The van der Waals surface area contributed by atoms with Crippen LogP contribution in [0.1, 0.15) is 5.69 Å². The van der Waals surface area contributed by atoms with Gasteiger partial charge in [0, 0.05) is 55.5 Å². The van der Waals surface area contributed by atoms with Gasteiger partial charge in [-0.2, -0.15) is 5.10 Å². The van der Waals surface area contributed by atoms with Gasteiger partial charge in [0.05, 0.1) is 0 Å². The Balaban J connectivity index is 1.80. The normalized spacial score (nSPS) is 10.8. The van der Waals surface area contributed by atoms with Crippen LogP contribution in [0.4, 0.5) is 5.69 Å². The number of rotatable bonds is 4. The van der Waals surface area contributed by atoms with Gasteiger partial charge in [0.2, 0.25) is 0 Å². The highest BCUT2D eigenvalue weighted by Gasteiger charge is 2.06. The Kier molecular flexibility index (Phi) is 3.25. The first-order valence-electron chi connectivity index (χ1n) is 6.58. The number of hydrogen-bond donors (Lipinski definition) is 1. The Morgan fingerprint density at radius 1 is 1.10 bits per heavy atom. The quantitative estimate of drug-likeness (QED) is 0.736. The van der Waals surface area contributed by atoms with Crippen molar-refractivity contribution < 1.29 is 0 Å². The summed E-state index contributed by atoms with van der Waals surface area (Å²) in [5.74, 6) is 0.965. The molecule has 0 aliphatic rings. The average molecular weight is 267 g/mol. The first kappa shape index (κ1) is 12.5. The van der Waals surface area contributed by atoms with Crippen molar-refractivity contribution in [2.75, 3.05) is 5.73 Å². The van der Waals surface area contributed by atoms with E-state index in [9.17, 15) is 0 Å². The molecule has 0 unspecified atom stereocenters. The molecule has 0 radical (unpaired) electrons. The van der Waals surface area contributed by atoms with Crippen LogP contribution in [0.5, 0.6) is 0 Å². The first-order chi connectivity index (χ1) is 9.74. The van der Waals surface area contributed by atoms with E-state index in [1.54, 1.807) is 0 Å². The second-order valence-corrected chi connectivity index (χ2v) is 4.76. The molecule has 0 saturated carbocycles. The summed E-state index contributed by atoms with van der Waals surface area (Å²) >= 11 is 0. The number of nitrogens with zero attached hydrogens (tertiary/aromatic N) is 4. The molecule has 1 aromatic carbocycles. The predicted molar refractivity (Wildman–Crippen MR) is 79.0 cm³/mol. The maximum absolute atomic E-state index is 5.72. The third kappa shape index (κ3) is 2.42. The Labute approximate surface area is 117 Å². The SMILES string of the molecule is Cn1nccc1CCn1ccnc1-c1ccc(N)cc1. The lowest BCUT2D eigenvalue weighted by molar-refractivity contribution is 0.640. The second-order valence-electron chi connectivity index (χ2n) is 4.76. The molecule has 0 bridgehead atoms. The molecule has 5 heteroatoms. The van der Waals surface area contributed by atoms with Crippen molar-refractivity contribution in [2.45, 2.75) is 13.0 Å². The monoisotopic (exact) mass is 267 g/mol. The maximum atomic E-state index is 5.72. The third-order valence-corrected chi connectivity index (χ3v) is 3.42. The molecule has 0 saturated heterocycles. The van der Waals surface area contributed by atoms with Crippen LogP contribution < -0.4 is 5.73 Å². The molecule has 2 aromatic heterocycles. The topological polar surface area (TPSA) is 61.7 Å². The van der Waals surface area contributed by atoms with E-state index in [-0.39, 0.29) is 0 Å². The molecule has 5 nitrogen and oxygen atoms in total. The van der Waals surface area contributed by atoms with Crippen molar-refractivity contribution in [3.8, 4) is 11.4 Å². The summed E-state index contributed by atoms with van der Waals surface area (Å²) in [6.45, 7) is 0.874. The van der Waals surface area contributed by atoms with Crippen LogP contribution >= 0.6 is 0 Å². The van der Waals surface area contributed by atoms with Gasteiger partial charge >= 0.3 is 0 Å². The van der Waals surface area contributed by atoms with Crippen molar-refractivity contribution in [3.63, 3.8) is 0 Å². The van der Waals surface area contributed by atoms with E-state index < -0.39 is 0 Å². The van der Waals surface area contributed by atoms with Crippen molar-refractivity contribution in [1.29, 1.82) is 0 Å². The highest BCUT2D eigenvalue weighted by molar-refractivity contribution is 5.59. The number of anilines is 1. The van der Waals surface area contributed by atoms with Gasteiger partial charge in [0.15, 0.2) is 0 Å². The minimum atomic E-state index is 0.766. The van der Waals surface area contributed by atoms with Crippen LogP contribution in [0.3, 0.4) is 0 Å². The van der Waals surface area contributed by atoms with Gasteiger partial charge in [0.25, 0.3) is 0 Å². The Bertz CT molecular complexity index is 693. The van der Waals surface area contributed by atoms with E-state index >= 15 is 0 Å². The van der Waals surface area contributed by atoms with Crippen LogP contribution in [0.25, 0.3) is 11.4 Å². The molecule has 2 N–H and O–H groups in total. The van der Waals surface area contributed by atoms with E-state index in [0.29, 0.717) is 0 Å². The summed E-state index contributed by atoms with van der Waals surface area (Å²) in [5.41, 5.74) is 8.77. The van der Waals surface area contributed by atoms with Crippen molar-refractivity contribution in [2.24, 2.45) is 7.05 Å². The zero-order valence-corrected chi connectivity index (χ0v) is 11.4. The molecule has 0 spiro atoms. The molecule has 3 aromatic rings. The predicted octanol–water partition coefficient (Wildman–Crippen LogP) is 2.11. The number of hydrogen-bond acceptors (Lipinski definition) is 3. The number of benzene rings is 1. The smallest absolute Gasteiger partial charge is 0.139 e. The maximum Gasteiger partial charge on any atom is 0.139 e. The lowest BCUT2D eigenvalue weighted by atomic mass is 10.2. The van der Waals surface area contributed by atoms with Gasteiger partial charge < -0.3 is 10.3 Å². The minimum absolute atomic E-state index is 0.766. The van der Waals surface area contributed by atoms with Crippen LogP contribution in [0.15, 0.2) is 48.9 Å². The molecular weight excluding hydrogens is 250 g/mol. The van der Waals surface area contributed by atoms with Gasteiger partial charge in [-0.15, -0.1) is 0 Å². The Hall–Kier alpha value is -2.56. The Morgan fingerprint density at radius 3 is 2.60 bits per heavy atom. The van der Waals surface area contributed by atoms with Crippen molar-refractivity contribution >= 4 is 5.69 Å². The lowest BCUT2D eigenvalue weighted by Gasteiger charge is -2.08. The Morgan fingerprint density at radius 2 is 1.90 bits per heavy atom. The van der Waals surface area contributed by atoms with Crippen molar-refractivity contribution in [3.05, 3.63) is 54.6 Å². The molecule has 3 rings (SSSR count). The fourth-order valence-corrected chi connectivity index (χ4v) is 2.26. The number of aryl methyl sites for hydroxylation is 3.